The third kappa shape index (κ3) is 11.4. The molecule has 174 valence electrons. The van der Waals surface area contributed by atoms with Gasteiger partial charge in [0.1, 0.15) is 5.56 Å². The molecule has 4 N–H and O–H groups in total. The van der Waals surface area contributed by atoms with E-state index in [0.717, 1.165) is 37.5 Å². The van der Waals surface area contributed by atoms with Gasteiger partial charge in [0, 0.05) is 37.3 Å². The summed E-state index contributed by atoms with van der Waals surface area (Å²) in [6, 6.07) is 0. The number of primary amides is 1. The van der Waals surface area contributed by atoms with Gasteiger partial charge in [-0.15, -0.1) is 5.10 Å². The van der Waals surface area contributed by atoms with Crippen molar-refractivity contribution in [1.82, 2.24) is 15.1 Å². The molecule has 1 aromatic heterocycles. The van der Waals surface area contributed by atoms with Crippen LogP contribution in [0.5, 0.6) is 0 Å². The Hall–Kier alpha value is -2.64. The number of nitrogens with one attached hydrogen (secondary N) is 2. The highest BCUT2D eigenvalue weighted by molar-refractivity contribution is 5.97. The van der Waals surface area contributed by atoms with Gasteiger partial charge in [-0.25, -0.2) is 4.68 Å². The van der Waals surface area contributed by atoms with Crippen LogP contribution in [-0.2, 0) is 4.74 Å². The van der Waals surface area contributed by atoms with Gasteiger partial charge in [-0.1, -0.05) is 44.6 Å². The van der Waals surface area contributed by atoms with E-state index in [9.17, 15) is 4.79 Å². The van der Waals surface area contributed by atoms with Crippen LogP contribution >= 0.6 is 0 Å². The van der Waals surface area contributed by atoms with E-state index < -0.39 is 5.91 Å². The van der Waals surface area contributed by atoms with Crippen molar-refractivity contribution >= 4 is 17.4 Å². The Morgan fingerprint density at radius 3 is 2.52 bits per heavy atom. The summed E-state index contributed by atoms with van der Waals surface area (Å²) < 4.78 is 6.96. The molecule has 0 saturated heterocycles. The summed E-state index contributed by atoms with van der Waals surface area (Å²) in [4.78, 5) is 11.8. The predicted octanol–water partition coefficient (Wildman–Crippen LogP) is 4.72. The number of nitrogens with zero attached hydrogens (tertiary/aromatic N) is 2. The van der Waals surface area contributed by atoms with Crippen molar-refractivity contribution in [1.29, 1.82) is 0 Å². The van der Waals surface area contributed by atoms with E-state index in [2.05, 4.69) is 28.7 Å². The fourth-order valence-corrected chi connectivity index (χ4v) is 2.42. The number of anilines is 1. The molecule has 0 bridgehead atoms. The highest BCUT2D eigenvalue weighted by Gasteiger charge is 2.15. The van der Waals surface area contributed by atoms with Gasteiger partial charge in [0.25, 0.3) is 5.91 Å². The standard InChI is InChI=1S/C22H35N5O2.C2H6/c1-6-9-10-18(5)27-16-20(21(23)28)22(26-27)25-19(7-2)12-11-17(4)15-24-13-14-29-8-3;1-2/h6,9-12,16,24H,7-8,13-15H2,1-5H3,(H2,23,28)(H,25,26);1-2H3/b9-6-,17-11+,18-10+,19-12+;. The quantitative estimate of drug-likeness (QED) is 0.310. The summed E-state index contributed by atoms with van der Waals surface area (Å²) in [5.74, 6) is -0.0574. The van der Waals surface area contributed by atoms with Crippen molar-refractivity contribution in [2.24, 2.45) is 5.73 Å². The second-order valence-corrected chi connectivity index (χ2v) is 6.59. The highest BCUT2D eigenvalue weighted by atomic mass is 16.5. The normalized spacial score (nSPS) is 12.7. The average molecular weight is 432 g/mol. The molecule has 0 aromatic carbocycles. The molecule has 0 saturated carbocycles. The first kappa shape index (κ1) is 28.4. The Bertz CT molecular complexity index is 773. The van der Waals surface area contributed by atoms with E-state index >= 15 is 0 Å². The first-order chi connectivity index (χ1) is 14.9. The number of aromatic nitrogens is 2. The van der Waals surface area contributed by atoms with Crippen LogP contribution in [0.2, 0.25) is 0 Å². The summed E-state index contributed by atoms with van der Waals surface area (Å²) in [6.45, 7) is 17.0. The van der Waals surface area contributed by atoms with Crippen LogP contribution < -0.4 is 16.4 Å². The second kappa shape index (κ2) is 17.1. The molecule has 0 unspecified atom stereocenters. The van der Waals surface area contributed by atoms with Crippen LogP contribution in [0.4, 0.5) is 5.82 Å². The maximum atomic E-state index is 11.8. The first-order valence-corrected chi connectivity index (χ1v) is 11.0. The van der Waals surface area contributed by atoms with Crippen molar-refractivity contribution in [3.05, 3.63) is 53.4 Å². The molecule has 1 amide bonds. The summed E-state index contributed by atoms with van der Waals surface area (Å²) >= 11 is 0. The molecule has 1 rings (SSSR count). The van der Waals surface area contributed by atoms with Crippen LogP contribution in [-0.4, -0.2) is 42.0 Å². The van der Waals surface area contributed by atoms with Crippen LogP contribution in [0.25, 0.3) is 5.70 Å². The first-order valence-electron chi connectivity index (χ1n) is 11.0. The lowest BCUT2D eigenvalue weighted by molar-refractivity contribution is 0.100. The van der Waals surface area contributed by atoms with E-state index in [1.54, 1.807) is 10.9 Å². The number of amides is 1. The minimum atomic E-state index is -0.516. The van der Waals surface area contributed by atoms with E-state index in [1.807, 2.05) is 65.8 Å². The lowest BCUT2D eigenvalue weighted by Gasteiger charge is -2.08. The maximum absolute atomic E-state index is 11.8. The minimum Gasteiger partial charge on any atom is -0.380 e. The number of hydrogen-bond acceptors (Lipinski definition) is 5. The summed E-state index contributed by atoms with van der Waals surface area (Å²) in [6.07, 6.45) is 12.2. The van der Waals surface area contributed by atoms with Crippen molar-refractivity contribution in [2.45, 2.75) is 54.9 Å². The number of hydrogen-bond donors (Lipinski definition) is 3. The Morgan fingerprint density at radius 2 is 1.94 bits per heavy atom. The van der Waals surface area contributed by atoms with Gasteiger partial charge in [-0.3, -0.25) is 4.79 Å². The van der Waals surface area contributed by atoms with Gasteiger partial charge in [0.05, 0.1) is 6.61 Å². The molecule has 0 aliphatic carbocycles. The molecule has 0 fully saturated rings. The summed E-state index contributed by atoms with van der Waals surface area (Å²) in [5, 5.41) is 11.1. The fraction of sp³-hybridized carbons (Fsp3) is 0.500. The molecule has 0 spiro atoms. The molecule has 0 radical (unpaired) electrons. The molecule has 1 aromatic rings. The van der Waals surface area contributed by atoms with Gasteiger partial charge in [0.2, 0.25) is 0 Å². The monoisotopic (exact) mass is 431 g/mol. The zero-order chi connectivity index (χ0) is 23.6. The third-order valence-electron chi connectivity index (χ3n) is 4.13. The molecule has 0 atom stereocenters. The molecule has 31 heavy (non-hydrogen) atoms. The highest BCUT2D eigenvalue weighted by Crippen LogP contribution is 2.18. The fourth-order valence-electron chi connectivity index (χ4n) is 2.42. The number of nitrogens with two attached hydrogens (primary N) is 1. The number of ether oxygens (including phenoxy) is 1. The molecular weight excluding hydrogens is 390 g/mol. The Kier molecular flexibility index (Phi) is 15.6. The molecule has 0 aliphatic rings. The average Bonchev–Trinajstić information content (AvgIpc) is 3.20. The number of carbonyl (C=O) groups is 1. The number of carbonyl (C=O) groups excluding carboxylic acids is 1. The zero-order valence-corrected chi connectivity index (χ0v) is 20.3. The van der Waals surface area contributed by atoms with E-state index in [1.165, 1.54) is 5.57 Å². The Labute approximate surface area is 188 Å². The molecule has 0 aliphatic heterocycles. The Balaban J connectivity index is 0.00000436. The summed E-state index contributed by atoms with van der Waals surface area (Å²) in [5.41, 5.74) is 8.92. The lowest BCUT2D eigenvalue weighted by Crippen LogP contribution is -2.21. The SMILES string of the molecule is C/C=C\C=C(/C)n1cc(C(N)=O)c(N/C(=C/C=C(\C)CNCCOCC)CC)n1.CC. The third-order valence-corrected chi connectivity index (χ3v) is 4.13. The van der Waals surface area contributed by atoms with Crippen LogP contribution in [0.3, 0.4) is 0 Å². The number of rotatable bonds is 13. The van der Waals surface area contributed by atoms with E-state index in [0.29, 0.717) is 18.0 Å². The molecule has 7 heteroatoms. The van der Waals surface area contributed by atoms with Crippen LogP contribution in [0.1, 0.15) is 65.2 Å². The van der Waals surface area contributed by atoms with Crippen molar-refractivity contribution in [3.8, 4) is 0 Å². The second-order valence-electron chi connectivity index (χ2n) is 6.59. The van der Waals surface area contributed by atoms with Crippen molar-refractivity contribution in [3.63, 3.8) is 0 Å². The van der Waals surface area contributed by atoms with E-state index in [4.69, 9.17) is 10.5 Å². The van der Waals surface area contributed by atoms with E-state index in [-0.39, 0.29) is 0 Å². The van der Waals surface area contributed by atoms with Gasteiger partial charge in [-0.05, 0) is 46.3 Å². The minimum absolute atomic E-state index is 0.357. The van der Waals surface area contributed by atoms with Crippen molar-refractivity contribution in [2.75, 3.05) is 31.6 Å². The van der Waals surface area contributed by atoms with Gasteiger partial charge in [-0.2, -0.15) is 0 Å². The molecule has 7 nitrogen and oxygen atoms in total. The topological polar surface area (TPSA) is 94.2 Å². The van der Waals surface area contributed by atoms with Gasteiger partial charge < -0.3 is 21.1 Å². The maximum Gasteiger partial charge on any atom is 0.254 e. The lowest BCUT2D eigenvalue weighted by atomic mass is 10.2. The molecule has 1 heterocycles. The van der Waals surface area contributed by atoms with Gasteiger partial charge in [0.15, 0.2) is 5.82 Å². The molecular formula is C24H41N5O2. The smallest absolute Gasteiger partial charge is 0.254 e. The van der Waals surface area contributed by atoms with Crippen LogP contribution in [0, 0.1) is 0 Å². The van der Waals surface area contributed by atoms with Gasteiger partial charge >= 0.3 is 0 Å². The largest absolute Gasteiger partial charge is 0.380 e. The van der Waals surface area contributed by atoms with Crippen molar-refractivity contribution < 1.29 is 9.53 Å². The van der Waals surface area contributed by atoms with Crippen LogP contribution in [0.15, 0.2) is 47.8 Å². The zero-order valence-electron chi connectivity index (χ0n) is 20.3. The summed E-state index contributed by atoms with van der Waals surface area (Å²) in [7, 11) is 0. The Morgan fingerprint density at radius 1 is 1.23 bits per heavy atom. The number of allylic oxidation sites excluding steroid dienone is 7. The predicted molar refractivity (Wildman–Crippen MR) is 132 cm³/mol.